The Morgan fingerprint density at radius 2 is 1.89 bits per heavy atom. The summed E-state index contributed by atoms with van der Waals surface area (Å²) in [6.07, 6.45) is 12.1. The summed E-state index contributed by atoms with van der Waals surface area (Å²) in [5, 5.41) is 16.0. The highest BCUT2D eigenvalue weighted by atomic mass is 31.1. The monoisotopic (exact) mass is 512 g/mol. The number of amides is 2. The molecule has 9 nitrogen and oxygen atoms in total. The van der Waals surface area contributed by atoms with Crippen molar-refractivity contribution in [3.05, 3.63) is 34.9 Å². The van der Waals surface area contributed by atoms with Crippen LogP contribution in [0.1, 0.15) is 44.9 Å². The van der Waals surface area contributed by atoms with E-state index in [9.17, 15) is 14.7 Å². The summed E-state index contributed by atoms with van der Waals surface area (Å²) in [6, 6.07) is 0.0758. The number of piperidine rings is 3. The van der Waals surface area contributed by atoms with E-state index < -0.39 is 11.8 Å². The van der Waals surface area contributed by atoms with Crippen molar-refractivity contribution in [1.29, 1.82) is 0 Å². The minimum Gasteiger partial charge on any atom is -0.398 e. The Morgan fingerprint density at radius 1 is 1.17 bits per heavy atom. The third kappa shape index (κ3) is 4.50. The van der Waals surface area contributed by atoms with Gasteiger partial charge >= 0.3 is 0 Å². The van der Waals surface area contributed by atoms with Gasteiger partial charge in [-0.2, -0.15) is 4.99 Å². The normalized spacial score (nSPS) is 42.1. The summed E-state index contributed by atoms with van der Waals surface area (Å²) in [7, 11) is 0.380. The maximum absolute atomic E-state index is 12.5. The highest BCUT2D eigenvalue weighted by Gasteiger charge is 2.54. The molecule has 3 saturated heterocycles. The molecular formula is C26H37N6O3P. The van der Waals surface area contributed by atoms with Crippen LogP contribution in [0.5, 0.6) is 0 Å². The lowest BCUT2D eigenvalue weighted by Gasteiger charge is -2.44. The number of carbonyl (C=O) groups is 2. The number of rotatable bonds is 2. The van der Waals surface area contributed by atoms with Gasteiger partial charge in [-0.15, -0.1) is 0 Å². The van der Waals surface area contributed by atoms with Gasteiger partial charge in [0, 0.05) is 18.2 Å². The molecule has 36 heavy (non-hydrogen) atoms. The van der Waals surface area contributed by atoms with Crippen LogP contribution in [0.15, 0.2) is 39.9 Å². The molecule has 5 atom stereocenters. The molecule has 4 aliphatic carbocycles. The van der Waals surface area contributed by atoms with Crippen LogP contribution in [0, 0.1) is 23.7 Å². The molecule has 6 bridgehead atoms. The third-order valence-corrected chi connectivity index (χ3v) is 10.6. The van der Waals surface area contributed by atoms with Gasteiger partial charge in [-0.1, -0.05) is 8.58 Å². The summed E-state index contributed by atoms with van der Waals surface area (Å²) < 4.78 is 0. The zero-order chi connectivity index (χ0) is 25.0. The first kappa shape index (κ1) is 24.1. The van der Waals surface area contributed by atoms with Gasteiger partial charge in [-0.05, 0) is 99.8 Å². The van der Waals surface area contributed by atoms with E-state index in [4.69, 9.17) is 11.5 Å². The van der Waals surface area contributed by atoms with E-state index in [1.54, 1.807) is 5.82 Å². The number of hydrogen-bond acceptors (Lipinski definition) is 6. The Kier molecular flexibility index (Phi) is 6.21. The van der Waals surface area contributed by atoms with Crippen molar-refractivity contribution in [3.8, 4) is 0 Å². The molecule has 4 saturated carbocycles. The second kappa shape index (κ2) is 9.26. The Bertz CT molecular complexity index is 1060. The minimum atomic E-state index is -0.567. The molecule has 7 N–H and O–H groups in total. The molecule has 0 aromatic rings. The standard InChI is InChI=1S/C17H23N6O2P.C9H14O/c18-13-10-1-4-20-17(10)26-8-11(13)15(24)22-14(19)16(25)21-12-7-23-5-2-9(12)3-6-23;10-9-3-6-1-7(4-9)8(2-6)5-9/h1,4,8-9,12,17,20,26H,2-3,5-7,18H2,(H,21,25)(H2,19,22,24);6-8,10H,1-5H2. The summed E-state index contributed by atoms with van der Waals surface area (Å²) in [6.45, 7) is 3.02. The molecule has 5 heterocycles. The number of nitrogens with zero attached hydrogens (tertiary/aromatic N) is 2. The van der Waals surface area contributed by atoms with Crippen LogP contribution in [0.25, 0.3) is 0 Å². The van der Waals surface area contributed by atoms with Gasteiger partial charge in [0.05, 0.1) is 22.7 Å². The fraction of sp³-hybridized carbons (Fsp3) is 0.654. The fourth-order valence-corrected chi connectivity index (χ4v) is 8.98. The van der Waals surface area contributed by atoms with E-state index in [-0.39, 0.29) is 23.3 Å². The quantitative estimate of drug-likeness (QED) is 0.210. The summed E-state index contributed by atoms with van der Waals surface area (Å²) in [5.41, 5.74) is 13.3. The zero-order valence-corrected chi connectivity index (χ0v) is 21.6. The first-order valence-electron chi connectivity index (χ1n) is 13.3. The van der Waals surface area contributed by atoms with Crippen molar-refractivity contribution in [2.75, 3.05) is 19.6 Å². The van der Waals surface area contributed by atoms with Crippen molar-refractivity contribution >= 4 is 26.2 Å². The van der Waals surface area contributed by atoms with E-state index in [0.29, 0.717) is 25.8 Å². The van der Waals surface area contributed by atoms with Crippen LogP contribution in [0.4, 0.5) is 0 Å². The number of aliphatic hydroxyl groups is 1. The molecule has 2 amide bonds. The van der Waals surface area contributed by atoms with Crippen LogP contribution in [-0.4, -0.2) is 64.7 Å². The van der Waals surface area contributed by atoms with Gasteiger partial charge in [0.1, 0.15) is 0 Å². The first-order chi connectivity index (χ1) is 17.3. The Morgan fingerprint density at radius 3 is 2.50 bits per heavy atom. The van der Waals surface area contributed by atoms with Gasteiger partial charge in [-0.3, -0.25) is 9.59 Å². The highest BCUT2D eigenvalue weighted by Crippen LogP contribution is 2.59. The fourth-order valence-electron chi connectivity index (χ4n) is 7.74. The number of hydrogen-bond donors (Lipinski definition) is 5. The lowest BCUT2D eigenvalue weighted by Crippen LogP contribution is -2.58. The topological polar surface area (TPSA) is 146 Å². The van der Waals surface area contributed by atoms with Crippen LogP contribution in [0.3, 0.4) is 0 Å². The molecule has 194 valence electrons. The van der Waals surface area contributed by atoms with Crippen molar-refractivity contribution < 1.29 is 14.7 Å². The van der Waals surface area contributed by atoms with Crippen LogP contribution < -0.4 is 22.1 Å². The molecule has 10 heteroatoms. The van der Waals surface area contributed by atoms with Crippen LogP contribution in [-0.2, 0) is 9.59 Å². The molecule has 5 unspecified atom stereocenters. The number of aliphatic imine (C=N–C) groups is 1. The Labute approximate surface area is 213 Å². The predicted octanol–water partition coefficient (Wildman–Crippen LogP) is 0.870. The minimum absolute atomic E-state index is 0.0758. The summed E-state index contributed by atoms with van der Waals surface area (Å²) >= 11 is 0. The molecule has 0 radical (unpaired) electrons. The van der Waals surface area contributed by atoms with E-state index in [1.807, 2.05) is 12.3 Å². The SMILES string of the molecule is NC(=NC(=O)C1=CPC2NC=CC2=C1N)C(=O)NC1CN2CCC1CC2.OC12CC3CC(C1)C(C3)C2. The first-order valence-corrected chi connectivity index (χ1v) is 14.5. The molecule has 9 rings (SSSR count). The lowest BCUT2D eigenvalue weighted by atomic mass is 9.78. The lowest BCUT2D eigenvalue weighted by molar-refractivity contribution is -0.118. The van der Waals surface area contributed by atoms with E-state index >= 15 is 0 Å². The number of nitrogens with two attached hydrogens (primary N) is 2. The van der Waals surface area contributed by atoms with Gasteiger partial charge in [0.2, 0.25) is 0 Å². The Hall–Kier alpha value is -2.22. The number of carbonyl (C=O) groups excluding carboxylic acids is 2. The molecule has 5 aliphatic heterocycles. The number of fused-ring (bicyclic) bond motifs is 4. The van der Waals surface area contributed by atoms with E-state index in [1.165, 1.54) is 12.8 Å². The highest BCUT2D eigenvalue weighted by molar-refractivity contribution is 7.43. The van der Waals surface area contributed by atoms with Gasteiger partial charge in [-0.25, -0.2) is 0 Å². The van der Waals surface area contributed by atoms with Gasteiger partial charge in [0.15, 0.2) is 5.84 Å². The van der Waals surface area contributed by atoms with E-state index in [2.05, 4.69) is 20.5 Å². The Balaban J connectivity index is 0.000000197. The van der Waals surface area contributed by atoms with Crippen molar-refractivity contribution in [3.63, 3.8) is 0 Å². The molecule has 0 aromatic heterocycles. The van der Waals surface area contributed by atoms with Crippen molar-refractivity contribution in [2.45, 2.75) is 62.4 Å². The summed E-state index contributed by atoms with van der Waals surface area (Å²) in [4.78, 5) is 30.9. The molecule has 0 spiro atoms. The predicted molar refractivity (Wildman–Crippen MR) is 140 cm³/mol. The number of nitrogens with one attached hydrogen (secondary N) is 2. The third-order valence-electron chi connectivity index (χ3n) is 9.38. The zero-order valence-electron chi connectivity index (χ0n) is 20.6. The van der Waals surface area contributed by atoms with Gasteiger partial charge < -0.3 is 32.1 Å². The van der Waals surface area contributed by atoms with Gasteiger partial charge in [0.25, 0.3) is 11.8 Å². The van der Waals surface area contributed by atoms with Crippen LogP contribution >= 0.6 is 8.58 Å². The largest absolute Gasteiger partial charge is 0.398 e. The van der Waals surface area contributed by atoms with Crippen molar-refractivity contribution in [2.24, 2.45) is 40.1 Å². The summed E-state index contributed by atoms with van der Waals surface area (Å²) in [5.74, 6) is 3.77. The average Bonchev–Trinajstić information content (AvgIpc) is 3.50. The molecular weight excluding hydrogens is 475 g/mol. The maximum atomic E-state index is 12.5. The van der Waals surface area contributed by atoms with Crippen molar-refractivity contribution in [1.82, 2.24) is 15.5 Å². The van der Waals surface area contributed by atoms with Crippen LogP contribution in [0.2, 0.25) is 0 Å². The average molecular weight is 513 g/mol. The second-order valence-electron chi connectivity index (χ2n) is 11.7. The number of amidine groups is 1. The maximum Gasteiger partial charge on any atom is 0.286 e. The molecule has 0 aromatic carbocycles. The molecule has 7 fully saturated rings. The smallest absolute Gasteiger partial charge is 0.286 e. The van der Waals surface area contributed by atoms with E-state index in [0.717, 1.165) is 75.1 Å². The second-order valence-corrected chi connectivity index (χ2v) is 12.9. The molecule has 9 aliphatic rings.